The van der Waals surface area contributed by atoms with Crippen molar-refractivity contribution in [3.8, 4) is 0 Å². The first-order valence-electron chi connectivity index (χ1n) is 7.38. The molecule has 3 heteroatoms. The molecule has 6 unspecified atom stereocenters. The highest BCUT2D eigenvalue weighted by Gasteiger charge is 2.56. The fourth-order valence-corrected chi connectivity index (χ4v) is 4.63. The minimum atomic E-state index is 0.375. The molecule has 17 heavy (non-hydrogen) atoms. The number of ether oxygens (including phenoxy) is 2. The zero-order valence-electron chi connectivity index (χ0n) is 10.4. The third-order valence-corrected chi connectivity index (χ3v) is 5.43. The summed E-state index contributed by atoms with van der Waals surface area (Å²) in [5.74, 6) is 2.74. The number of hydrogen-bond acceptors (Lipinski definition) is 3. The van der Waals surface area contributed by atoms with Crippen molar-refractivity contribution in [3.05, 3.63) is 0 Å². The molecule has 0 spiro atoms. The fourth-order valence-electron chi connectivity index (χ4n) is 4.63. The second-order valence-electron chi connectivity index (χ2n) is 6.38. The van der Waals surface area contributed by atoms with Gasteiger partial charge in [0.15, 0.2) is 0 Å². The van der Waals surface area contributed by atoms with Gasteiger partial charge in [0, 0.05) is 12.6 Å². The average molecular weight is 237 g/mol. The number of nitrogens with one attached hydrogen (secondary N) is 1. The van der Waals surface area contributed by atoms with Crippen LogP contribution in [0.3, 0.4) is 0 Å². The van der Waals surface area contributed by atoms with E-state index in [1.165, 1.54) is 38.6 Å². The number of hydrogen-bond donors (Lipinski definition) is 1. The van der Waals surface area contributed by atoms with Crippen LogP contribution in [0.25, 0.3) is 0 Å². The van der Waals surface area contributed by atoms with Crippen LogP contribution in [0.2, 0.25) is 0 Å². The van der Waals surface area contributed by atoms with E-state index in [0.29, 0.717) is 18.2 Å². The van der Waals surface area contributed by atoms with Gasteiger partial charge in [0.1, 0.15) is 0 Å². The second kappa shape index (κ2) is 4.22. The molecule has 96 valence electrons. The Kier molecular flexibility index (Phi) is 2.67. The second-order valence-corrected chi connectivity index (χ2v) is 6.38. The molecule has 0 aromatic heterocycles. The van der Waals surface area contributed by atoms with E-state index in [4.69, 9.17) is 9.47 Å². The number of fused-ring (bicyclic) bond motifs is 1. The largest absolute Gasteiger partial charge is 0.376 e. The minimum absolute atomic E-state index is 0.375. The van der Waals surface area contributed by atoms with Crippen LogP contribution in [0.1, 0.15) is 32.1 Å². The molecule has 2 saturated heterocycles. The molecule has 4 rings (SSSR count). The first-order chi connectivity index (χ1) is 8.42. The van der Waals surface area contributed by atoms with Gasteiger partial charge >= 0.3 is 0 Å². The Hall–Kier alpha value is -0.120. The summed E-state index contributed by atoms with van der Waals surface area (Å²) in [6.45, 7) is 3.01. The highest BCUT2D eigenvalue weighted by atomic mass is 16.5. The normalized spacial score (nSPS) is 52.2. The molecule has 0 amide bonds. The SMILES string of the molecule is C1CCC(COC2C3CC4CNC2C4C3)OC1. The van der Waals surface area contributed by atoms with Crippen LogP contribution in [-0.4, -0.2) is 38.0 Å². The molecule has 2 saturated carbocycles. The summed E-state index contributed by atoms with van der Waals surface area (Å²) >= 11 is 0. The van der Waals surface area contributed by atoms with Crippen LogP contribution in [0, 0.1) is 17.8 Å². The van der Waals surface area contributed by atoms with Crippen molar-refractivity contribution >= 4 is 0 Å². The summed E-state index contributed by atoms with van der Waals surface area (Å²) in [6.07, 6.45) is 7.43. The molecule has 3 nitrogen and oxygen atoms in total. The van der Waals surface area contributed by atoms with Crippen molar-refractivity contribution in [1.82, 2.24) is 5.32 Å². The molecular weight excluding hydrogens is 214 g/mol. The molecule has 1 N–H and O–H groups in total. The van der Waals surface area contributed by atoms with E-state index < -0.39 is 0 Å². The predicted octanol–water partition coefficient (Wildman–Crippen LogP) is 1.57. The monoisotopic (exact) mass is 237 g/mol. The predicted molar refractivity (Wildman–Crippen MR) is 64.8 cm³/mol. The van der Waals surface area contributed by atoms with Gasteiger partial charge < -0.3 is 14.8 Å². The number of rotatable bonds is 3. The van der Waals surface area contributed by atoms with Crippen LogP contribution in [0.5, 0.6) is 0 Å². The Morgan fingerprint density at radius 2 is 2.18 bits per heavy atom. The summed E-state index contributed by atoms with van der Waals surface area (Å²) in [4.78, 5) is 0. The first kappa shape index (κ1) is 10.8. The Balaban J connectivity index is 1.34. The Bertz CT molecular complexity index is 288. The van der Waals surface area contributed by atoms with E-state index in [1.54, 1.807) is 0 Å². The molecule has 4 aliphatic rings. The van der Waals surface area contributed by atoms with Crippen molar-refractivity contribution in [2.45, 2.75) is 50.4 Å². The van der Waals surface area contributed by atoms with Crippen molar-refractivity contribution in [1.29, 1.82) is 0 Å². The Morgan fingerprint density at radius 3 is 3.06 bits per heavy atom. The molecule has 2 aliphatic carbocycles. The van der Waals surface area contributed by atoms with Gasteiger partial charge in [-0.2, -0.15) is 0 Å². The average Bonchev–Trinajstić information content (AvgIpc) is 2.97. The van der Waals surface area contributed by atoms with Gasteiger partial charge in [-0.3, -0.25) is 0 Å². The van der Waals surface area contributed by atoms with E-state index in [-0.39, 0.29) is 0 Å². The fraction of sp³-hybridized carbons (Fsp3) is 1.00. The van der Waals surface area contributed by atoms with E-state index in [1.807, 2.05) is 0 Å². The van der Waals surface area contributed by atoms with Crippen molar-refractivity contribution in [2.24, 2.45) is 17.8 Å². The van der Waals surface area contributed by atoms with Crippen LogP contribution in [0.15, 0.2) is 0 Å². The third kappa shape index (κ3) is 1.74. The van der Waals surface area contributed by atoms with Crippen molar-refractivity contribution in [3.63, 3.8) is 0 Å². The van der Waals surface area contributed by atoms with Crippen LogP contribution >= 0.6 is 0 Å². The van der Waals surface area contributed by atoms with E-state index in [0.717, 1.165) is 31.0 Å². The molecule has 0 radical (unpaired) electrons. The Morgan fingerprint density at radius 1 is 1.18 bits per heavy atom. The first-order valence-corrected chi connectivity index (χ1v) is 7.38. The van der Waals surface area contributed by atoms with Crippen LogP contribution in [-0.2, 0) is 9.47 Å². The van der Waals surface area contributed by atoms with Crippen LogP contribution < -0.4 is 5.32 Å². The lowest BCUT2D eigenvalue weighted by molar-refractivity contribution is -0.0795. The molecule has 0 aromatic rings. The lowest BCUT2D eigenvalue weighted by atomic mass is 9.88. The molecule has 4 fully saturated rings. The van der Waals surface area contributed by atoms with Gasteiger partial charge in [-0.1, -0.05) is 0 Å². The van der Waals surface area contributed by atoms with Gasteiger partial charge in [-0.25, -0.2) is 0 Å². The smallest absolute Gasteiger partial charge is 0.0808 e. The van der Waals surface area contributed by atoms with Gasteiger partial charge in [0.25, 0.3) is 0 Å². The van der Waals surface area contributed by atoms with Gasteiger partial charge in [-0.15, -0.1) is 0 Å². The lowest BCUT2D eigenvalue weighted by Gasteiger charge is -2.30. The zero-order chi connectivity index (χ0) is 11.2. The zero-order valence-corrected chi connectivity index (χ0v) is 10.4. The summed E-state index contributed by atoms with van der Waals surface area (Å²) in [6, 6.07) is 0.669. The summed E-state index contributed by atoms with van der Waals surface area (Å²) in [5, 5.41) is 3.68. The van der Waals surface area contributed by atoms with Crippen molar-refractivity contribution in [2.75, 3.05) is 19.8 Å². The molecule has 2 heterocycles. The molecule has 2 bridgehead atoms. The summed E-state index contributed by atoms with van der Waals surface area (Å²) in [5.41, 5.74) is 0. The van der Waals surface area contributed by atoms with E-state index in [2.05, 4.69) is 5.32 Å². The molecule has 0 aromatic carbocycles. The third-order valence-electron chi connectivity index (χ3n) is 5.43. The highest BCUT2D eigenvalue weighted by Crippen LogP contribution is 2.52. The quantitative estimate of drug-likeness (QED) is 0.808. The van der Waals surface area contributed by atoms with Gasteiger partial charge in [0.2, 0.25) is 0 Å². The maximum atomic E-state index is 6.22. The van der Waals surface area contributed by atoms with Crippen molar-refractivity contribution < 1.29 is 9.47 Å². The standard InChI is InChI=1S/C14H23NO2/c1-2-4-16-11(3-1)8-17-14-9-5-10-7-15-13(14)12(10)6-9/h9-15H,1-8H2. The summed E-state index contributed by atoms with van der Waals surface area (Å²) < 4.78 is 12.0. The Labute approximate surface area is 103 Å². The molecule has 2 aliphatic heterocycles. The van der Waals surface area contributed by atoms with E-state index in [9.17, 15) is 0 Å². The highest BCUT2D eigenvalue weighted by molar-refractivity contribution is 5.10. The van der Waals surface area contributed by atoms with Crippen LogP contribution in [0.4, 0.5) is 0 Å². The van der Waals surface area contributed by atoms with Gasteiger partial charge in [0.05, 0.1) is 18.8 Å². The van der Waals surface area contributed by atoms with E-state index >= 15 is 0 Å². The summed E-state index contributed by atoms with van der Waals surface area (Å²) in [7, 11) is 0. The maximum Gasteiger partial charge on any atom is 0.0808 e. The molecule has 6 atom stereocenters. The topological polar surface area (TPSA) is 30.5 Å². The minimum Gasteiger partial charge on any atom is -0.376 e. The lowest BCUT2D eigenvalue weighted by Crippen LogP contribution is -2.41. The maximum absolute atomic E-state index is 6.22. The molecular formula is C14H23NO2. The van der Waals surface area contributed by atoms with Gasteiger partial charge in [-0.05, 0) is 56.4 Å².